The number of hydrogen-bond donors (Lipinski definition) is 2. The second kappa shape index (κ2) is 11.1. The van der Waals surface area contributed by atoms with Crippen molar-refractivity contribution in [3.8, 4) is 11.8 Å². The predicted octanol–water partition coefficient (Wildman–Crippen LogP) is 4.75. The second-order valence-corrected chi connectivity index (χ2v) is 7.03. The molecule has 14 heteroatoms. The monoisotopic (exact) mass is 518 g/mol. The number of carbonyl (C=O) groups excluding carboxylic acids is 1. The fraction of sp³-hybridized carbons (Fsp3) is 0.227. The van der Waals surface area contributed by atoms with Gasteiger partial charge in [-0.3, -0.25) is 9.89 Å². The highest BCUT2D eigenvalue weighted by atomic mass is 19.4. The van der Waals surface area contributed by atoms with Crippen LogP contribution in [-0.4, -0.2) is 37.1 Å². The van der Waals surface area contributed by atoms with Crippen LogP contribution in [-0.2, 0) is 12.4 Å². The van der Waals surface area contributed by atoms with E-state index in [0.717, 1.165) is 31.3 Å². The van der Waals surface area contributed by atoms with Crippen molar-refractivity contribution in [2.75, 3.05) is 18.6 Å². The van der Waals surface area contributed by atoms with E-state index >= 15 is 0 Å². The molecule has 1 unspecified atom stereocenters. The van der Waals surface area contributed by atoms with E-state index in [-0.39, 0.29) is 17.8 Å². The summed E-state index contributed by atoms with van der Waals surface area (Å²) in [5.74, 6) is -1.99. The lowest BCUT2D eigenvalue weighted by molar-refractivity contribution is -0.143. The SMILES string of the molecule is CN(C(=O)Oc1c(/C(C=NC(C#N)CO)=C/N)cc(C(F)(F)F)cc1C(F)(F)F)c1ccc(F)cc1. The molecule has 0 heterocycles. The molecule has 0 saturated heterocycles. The molecule has 3 N–H and O–H groups in total. The van der Waals surface area contributed by atoms with Crippen LogP contribution < -0.4 is 15.4 Å². The Bertz CT molecular complexity index is 1200. The highest BCUT2D eigenvalue weighted by Crippen LogP contribution is 2.44. The highest BCUT2D eigenvalue weighted by molar-refractivity contribution is 6.11. The number of aliphatic imine (C=N–C) groups is 1. The molecular weight excluding hydrogens is 501 g/mol. The molecule has 0 fully saturated rings. The van der Waals surface area contributed by atoms with E-state index in [1.807, 2.05) is 0 Å². The summed E-state index contributed by atoms with van der Waals surface area (Å²) in [6, 6.07) is 4.32. The first-order chi connectivity index (χ1) is 16.7. The number of aliphatic hydroxyl groups excluding tert-OH is 1. The Morgan fingerprint density at radius 1 is 1.19 bits per heavy atom. The maximum absolute atomic E-state index is 13.8. The molecule has 0 aromatic heterocycles. The highest BCUT2D eigenvalue weighted by Gasteiger charge is 2.41. The third kappa shape index (κ3) is 6.72. The van der Waals surface area contributed by atoms with Crippen LogP contribution in [0.4, 0.5) is 41.2 Å². The van der Waals surface area contributed by atoms with Crippen LogP contribution in [0, 0.1) is 17.1 Å². The van der Waals surface area contributed by atoms with Gasteiger partial charge >= 0.3 is 18.4 Å². The molecule has 0 radical (unpaired) electrons. The summed E-state index contributed by atoms with van der Waals surface area (Å²) in [4.78, 5) is 16.9. The number of amides is 1. The van der Waals surface area contributed by atoms with E-state index in [2.05, 4.69) is 4.99 Å². The van der Waals surface area contributed by atoms with Gasteiger partial charge in [0.05, 0.1) is 23.8 Å². The van der Waals surface area contributed by atoms with E-state index in [4.69, 9.17) is 20.8 Å². The number of aliphatic hydroxyl groups is 1. The van der Waals surface area contributed by atoms with E-state index in [9.17, 15) is 35.5 Å². The first-order valence-electron chi connectivity index (χ1n) is 9.72. The molecule has 7 nitrogen and oxygen atoms in total. The van der Waals surface area contributed by atoms with Crippen LogP contribution in [0.1, 0.15) is 16.7 Å². The molecule has 0 aliphatic rings. The Morgan fingerprint density at radius 3 is 2.28 bits per heavy atom. The van der Waals surface area contributed by atoms with Crippen LogP contribution in [0.5, 0.6) is 5.75 Å². The van der Waals surface area contributed by atoms with Crippen LogP contribution in [0.15, 0.2) is 47.6 Å². The molecule has 0 aliphatic heterocycles. The molecular formula is C22H17F7N4O3. The molecule has 1 amide bonds. The molecule has 2 aromatic carbocycles. The summed E-state index contributed by atoms with van der Waals surface area (Å²) in [7, 11) is 1.08. The first-order valence-corrected chi connectivity index (χ1v) is 9.72. The number of nitrogens with zero attached hydrogens (tertiary/aromatic N) is 3. The van der Waals surface area contributed by atoms with Crippen LogP contribution in [0.25, 0.3) is 5.57 Å². The number of alkyl halides is 6. The Balaban J connectivity index is 2.73. The van der Waals surface area contributed by atoms with Gasteiger partial charge < -0.3 is 15.6 Å². The fourth-order valence-corrected chi connectivity index (χ4v) is 2.75. The predicted molar refractivity (Wildman–Crippen MR) is 114 cm³/mol. The van der Waals surface area contributed by atoms with Gasteiger partial charge in [0.1, 0.15) is 5.82 Å². The van der Waals surface area contributed by atoms with Crippen molar-refractivity contribution in [3.63, 3.8) is 0 Å². The van der Waals surface area contributed by atoms with Gasteiger partial charge in [-0.05, 0) is 36.4 Å². The van der Waals surface area contributed by atoms with Gasteiger partial charge in [0.2, 0.25) is 0 Å². The van der Waals surface area contributed by atoms with Gasteiger partial charge in [0.15, 0.2) is 11.8 Å². The van der Waals surface area contributed by atoms with E-state index in [0.29, 0.717) is 17.3 Å². The van der Waals surface area contributed by atoms with Crippen molar-refractivity contribution in [3.05, 3.63) is 65.1 Å². The lowest BCUT2D eigenvalue weighted by Crippen LogP contribution is -2.30. The number of ether oxygens (including phenoxy) is 1. The van der Waals surface area contributed by atoms with Crippen molar-refractivity contribution in [1.82, 2.24) is 0 Å². The number of carbonyl (C=O) groups is 1. The van der Waals surface area contributed by atoms with Gasteiger partial charge in [-0.15, -0.1) is 0 Å². The number of rotatable bonds is 6. The van der Waals surface area contributed by atoms with Gasteiger partial charge in [-0.2, -0.15) is 31.6 Å². The summed E-state index contributed by atoms with van der Waals surface area (Å²) in [6.45, 7) is -0.800. The lowest BCUT2D eigenvalue weighted by Gasteiger charge is -2.22. The smallest absolute Gasteiger partial charge is 0.409 e. The summed E-state index contributed by atoms with van der Waals surface area (Å²) in [5.41, 5.74) is 0.237. The number of allylic oxidation sites excluding steroid dienone is 1. The molecule has 0 spiro atoms. The fourth-order valence-electron chi connectivity index (χ4n) is 2.75. The minimum atomic E-state index is -5.42. The summed E-state index contributed by atoms with van der Waals surface area (Å²) >= 11 is 0. The number of halogens is 7. The zero-order valence-electron chi connectivity index (χ0n) is 18.2. The topological polar surface area (TPSA) is 112 Å². The van der Waals surface area contributed by atoms with Crippen LogP contribution >= 0.6 is 0 Å². The minimum Gasteiger partial charge on any atom is -0.409 e. The largest absolute Gasteiger partial charge is 0.420 e. The number of hydrogen-bond acceptors (Lipinski definition) is 6. The van der Waals surface area contributed by atoms with Gasteiger partial charge in [-0.25, -0.2) is 9.18 Å². The minimum absolute atomic E-state index is 0.000573. The van der Waals surface area contributed by atoms with Crippen LogP contribution in [0.2, 0.25) is 0 Å². The summed E-state index contributed by atoms with van der Waals surface area (Å²) < 4.78 is 99.8. The van der Waals surface area contributed by atoms with Gasteiger partial charge in [0.25, 0.3) is 0 Å². The molecule has 1 atom stereocenters. The number of nitriles is 1. The summed E-state index contributed by atoms with van der Waals surface area (Å²) in [5, 5.41) is 17.9. The third-order valence-corrected chi connectivity index (χ3v) is 4.60. The third-order valence-electron chi connectivity index (χ3n) is 4.60. The lowest BCUT2D eigenvalue weighted by atomic mass is 9.98. The normalized spacial score (nSPS) is 13.4. The van der Waals surface area contributed by atoms with Gasteiger partial charge in [0, 0.05) is 36.3 Å². The van der Waals surface area contributed by atoms with E-state index in [1.165, 1.54) is 0 Å². The average Bonchev–Trinajstić information content (AvgIpc) is 2.81. The van der Waals surface area contributed by atoms with Crippen LogP contribution in [0.3, 0.4) is 0 Å². The van der Waals surface area contributed by atoms with Crippen molar-refractivity contribution >= 4 is 23.6 Å². The molecule has 2 aromatic rings. The summed E-state index contributed by atoms with van der Waals surface area (Å²) in [6.07, 6.45) is -10.9. The number of anilines is 1. The Kier molecular flexibility index (Phi) is 8.66. The van der Waals surface area contributed by atoms with Crippen molar-refractivity contribution in [1.29, 1.82) is 5.26 Å². The number of benzene rings is 2. The Labute approximate surface area is 199 Å². The molecule has 36 heavy (non-hydrogen) atoms. The zero-order valence-corrected chi connectivity index (χ0v) is 18.2. The average molecular weight is 518 g/mol. The van der Waals surface area contributed by atoms with Crippen molar-refractivity contribution in [2.24, 2.45) is 10.7 Å². The van der Waals surface area contributed by atoms with Crippen molar-refractivity contribution in [2.45, 2.75) is 18.4 Å². The second-order valence-electron chi connectivity index (χ2n) is 7.03. The van der Waals surface area contributed by atoms with Gasteiger partial charge in [-0.1, -0.05) is 0 Å². The molecule has 0 saturated carbocycles. The number of nitrogens with two attached hydrogens (primary N) is 1. The van der Waals surface area contributed by atoms with E-state index < -0.39 is 64.9 Å². The standard InChI is InChI=1S/C22H17F7N4O3/c1-33(16-4-2-14(23)3-5-16)20(35)36-19-17(12(8-30)10-32-15(9-31)11-34)6-13(21(24,25)26)7-18(19)22(27,28)29/h2-8,10,15,34H,11,30H2,1H3/b12-8+,32-10?. The van der Waals surface area contributed by atoms with E-state index in [1.54, 1.807) is 6.07 Å². The maximum atomic E-state index is 13.8. The molecule has 2 rings (SSSR count). The molecule has 0 bridgehead atoms. The zero-order chi connectivity index (χ0) is 27.3. The first kappa shape index (κ1) is 28.1. The molecule has 192 valence electrons. The Morgan fingerprint density at radius 2 is 1.81 bits per heavy atom. The Hall–Kier alpha value is -4.12. The maximum Gasteiger partial charge on any atom is 0.420 e. The van der Waals surface area contributed by atoms with Crippen molar-refractivity contribution < 1.29 is 45.4 Å². The molecule has 0 aliphatic carbocycles. The quantitative estimate of drug-likeness (QED) is 0.423.